The molecule has 1 amide bonds. The number of nitrogens with two attached hydrogens (primary N) is 2. The van der Waals surface area contributed by atoms with Crippen LogP contribution in [0.3, 0.4) is 0 Å². The van der Waals surface area contributed by atoms with Crippen LogP contribution in [-0.4, -0.2) is 93.5 Å². The molecule has 6 heterocycles. The number of alkyl halides is 2. The smallest absolute Gasteiger partial charge is 0.223 e. The molecule has 16 nitrogen and oxygen atoms in total. The predicted octanol–water partition coefficient (Wildman–Crippen LogP) is 11.1. The van der Waals surface area contributed by atoms with Gasteiger partial charge in [0.15, 0.2) is 11.3 Å². The van der Waals surface area contributed by atoms with Crippen LogP contribution in [0.4, 0.5) is 11.6 Å². The number of hydrogen-bond donors (Lipinski definition) is 3. The molecule has 19 heteroatoms. The van der Waals surface area contributed by atoms with Gasteiger partial charge in [-0.05, 0) is 117 Å². The number of aromatic nitrogens is 8. The third-order valence-corrected chi connectivity index (χ3v) is 12.1. The molecule has 71 heavy (non-hydrogen) atoms. The van der Waals surface area contributed by atoms with E-state index in [0.29, 0.717) is 53.1 Å². The molecule has 0 bridgehead atoms. The number of carbonyl (C=O) groups is 2. The van der Waals surface area contributed by atoms with Gasteiger partial charge in [0.05, 0.1) is 22.9 Å². The molecule has 8 aromatic rings. The Morgan fingerprint density at radius 1 is 0.620 bits per heavy atom. The molecule has 2 aliphatic heterocycles. The minimum atomic E-state index is -0.370. The highest BCUT2D eigenvalue weighted by molar-refractivity contribution is 6.63. The van der Waals surface area contributed by atoms with Gasteiger partial charge in [-0.15, -0.1) is 23.2 Å². The number of nitrogens with one attached hydrogen (secondary N) is 1. The normalized spacial score (nSPS) is 15.2. The molecule has 4 aromatic heterocycles. The van der Waals surface area contributed by atoms with Gasteiger partial charge in [0.25, 0.3) is 0 Å². The van der Waals surface area contributed by atoms with Crippen molar-refractivity contribution in [3.63, 3.8) is 0 Å². The van der Waals surface area contributed by atoms with E-state index in [1.54, 1.807) is 0 Å². The largest absolute Gasteiger partial charge is 0.457 e. The standard InChI is InChI=1S/C25H25ClN6O2.C22H22N6O.C3H4Cl2O.2CH4/c26-13-12-21(33)31-14-4-5-18(15-31)32-25-22(24(27)28-16-29-25)23(30-32)17-8-10-20(11-9-17)34-19-6-2-1-3-7-19;23-21-19-20(15-8-10-18(11-9-15)29-17-6-2-1-3-7-17)27-28(22(19)26-14-25-21)16-5-4-12-24-13-16;4-2-1-3(5)6;;/h1-3,6-11,16,18H,4-5,12-15H2,(H2,27,28,29);1-3,6-11,14,16,24H,4-5,12-13H2,(H2,23,25,26);1-2H2;2*1H4/t18-;16-;;;/m11.../s1. The van der Waals surface area contributed by atoms with Crippen LogP contribution >= 0.6 is 34.8 Å². The van der Waals surface area contributed by atoms with Crippen molar-refractivity contribution in [2.45, 2.75) is 65.5 Å². The number of piperidine rings is 2. The molecular formula is C52H59Cl3N12O4. The zero-order chi connectivity index (χ0) is 48.1. The maximum Gasteiger partial charge on any atom is 0.223 e. The summed E-state index contributed by atoms with van der Waals surface area (Å²) in [5, 5.41) is 14.4. The topological polar surface area (TPSA) is 207 Å². The number of likely N-dealkylation sites (tertiary alicyclic amines) is 1. The van der Waals surface area contributed by atoms with Gasteiger partial charge >= 0.3 is 0 Å². The lowest BCUT2D eigenvalue weighted by Gasteiger charge is -2.33. The lowest BCUT2D eigenvalue weighted by atomic mass is 10.1. The maximum absolute atomic E-state index is 12.4. The van der Waals surface area contributed by atoms with Crippen LogP contribution in [0.25, 0.3) is 44.6 Å². The SMILES string of the molecule is C.C.Nc1ncnc2c1c(-c1ccc(Oc3ccccc3)cc1)nn2[C@@H]1CCCN(C(=O)CCCl)C1.Nc1ncnc2c1c(-c1ccc(Oc3ccccc3)cc1)nn2[C@@H]1CCCNC1.O=C(Cl)CCCl. The molecule has 2 aliphatic rings. The van der Waals surface area contributed by atoms with E-state index in [1.165, 1.54) is 12.7 Å². The Morgan fingerprint density at radius 3 is 1.52 bits per heavy atom. The Bertz CT molecular complexity index is 2950. The molecule has 0 unspecified atom stereocenters. The van der Waals surface area contributed by atoms with Crippen molar-refractivity contribution in [3.05, 3.63) is 122 Å². The Morgan fingerprint density at radius 2 is 1.08 bits per heavy atom. The van der Waals surface area contributed by atoms with Crippen molar-refractivity contribution in [2.75, 3.05) is 49.4 Å². The fourth-order valence-electron chi connectivity index (χ4n) is 8.25. The van der Waals surface area contributed by atoms with E-state index in [4.69, 9.17) is 65.9 Å². The quantitative estimate of drug-likeness (QED) is 0.0770. The maximum atomic E-state index is 12.4. The van der Waals surface area contributed by atoms with Crippen LogP contribution in [0.2, 0.25) is 0 Å². The molecule has 0 spiro atoms. The van der Waals surface area contributed by atoms with Crippen molar-refractivity contribution < 1.29 is 19.1 Å². The molecule has 2 atom stereocenters. The summed E-state index contributed by atoms with van der Waals surface area (Å²) in [6, 6.07) is 35.2. The fraction of sp³-hybridized carbons (Fsp3) is 0.308. The number of nitrogens with zero attached hydrogens (tertiary/aromatic N) is 9. The van der Waals surface area contributed by atoms with Gasteiger partial charge in [0.1, 0.15) is 58.7 Å². The van der Waals surface area contributed by atoms with E-state index in [0.717, 1.165) is 96.2 Å². The van der Waals surface area contributed by atoms with Crippen molar-refractivity contribution in [1.82, 2.24) is 49.7 Å². The average molecular weight is 1020 g/mol. The number of anilines is 2. The van der Waals surface area contributed by atoms with Crippen LogP contribution < -0.4 is 26.3 Å². The molecule has 10 rings (SSSR count). The first-order valence-corrected chi connectivity index (χ1v) is 24.1. The number of benzene rings is 4. The Kier molecular flexibility index (Phi) is 19.5. The molecule has 2 fully saturated rings. The molecule has 4 aromatic carbocycles. The molecule has 0 radical (unpaired) electrons. The van der Waals surface area contributed by atoms with Crippen molar-refractivity contribution in [2.24, 2.45) is 0 Å². The van der Waals surface area contributed by atoms with E-state index in [-0.39, 0.29) is 44.5 Å². The highest BCUT2D eigenvalue weighted by atomic mass is 35.5. The van der Waals surface area contributed by atoms with Crippen LogP contribution in [-0.2, 0) is 9.59 Å². The molecule has 0 aliphatic carbocycles. The van der Waals surface area contributed by atoms with E-state index in [9.17, 15) is 9.59 Å². The summed E-state index contributed by atoms with van der Waals surface area (Å²) < 4.78 is 15.7. The summed E-state index contributed by atoms with van der Waals surface area (Å²) in [5.41, 5.74) is 17.3. The number of para-hydroxylation sites is 2. The number of amides is 1. The minimum Gasteiger partial charge on any atom is -0.457 e. The first kappa shape index (κ1) is 53.5. The second-order valence-corrected chi connectivity index (χ2v) is 17.4. The summed E-state index contributed by atoms with van der Waals surface area (Å²) in [6.07, 6.45) is 7.54. The van der Waals surface area contributed by atoms with E-state index >= 15 is 0 Å². The zero-order valence-corrected chi connectivity index (χ0v) is 39.9. The molecule has 2 saturated heterocycles. The minimum absolute atomic E-state index is 0. The van der Waals surface area contributed by atoms with E-state index < -0.39 is 0 Å². The number of nitrogen functional groups attached to an aromatic ring is 2. The number of fused-ring (bicyclic) bond motifs is 2. The van der Waals surface area contributed by atoms with E-state index in [2.05, 4.69) is 25.3 Å². The molecule has 5 N–H and O–H groups in total. The zero-order valence-electron chi connectivity index (χ0n) is 37.6. The molecule has 0 saturated carbocycles. The summed E-state index contributed by atoms with van der Waals surface area (Å²) in [5.74, 6) is 4.61. The Labute approximate surface area is 428 Å². The first-order valence-electron chi connectivity index (χ1n) is 22.6. The van der Waals surface area contributed by atoms with Crippen molar-refractivity contribution in [1.29, 1.82) is 0 Å². The van der Waals surface area contributed by atoms with Gasteiger partial charge < -0.3 is 31.2 Å². The third-order valence-electron chi connectivity index (χ3n) is 11.6. The second kappa shape index (κ2) is 25.8. The van der Waals surface area contributed by atoms with Crippen LogP contribution in [0.5, 0.6) is 23.0 Å². The monoisotopic (exact) mass is 1020 g/mol. The van der Waals surface area contributed by atoms with Gasteiger partial charge in [0, 0.05) is 55.4 Å². The number of ether oxygens (including phenoxy) is 2. The van der Waals surface area contributed by atoms with Gasteiger partial charge in [-0.1, -0.05) is 51.3 Å². The predicted molar refractivity (Wildman–Crippen MR) is 284 cm³/mol. The van der Waals surface area contributed by atoms with Gasteiger partial charge in [-0.2, -0.15) is 10.2 Å². The van der Waals surface area contributed by atoms with Crippen LogP contribution in [0.1, 0.15) is 65.5 Å². The van der Waals surface area contributed by atoms with Gasteiger partial charge in [-0.25, -0.2) is 29.3 Å². The summed E-state index contributed by atoms with van der Waals surface area (Å²) in [6.45, 7) is 3.23. The summed E-state index contributed by atoms with van der Waals surface area (Å²) >= 11 is 15.7. The van der Waals surface area contributed by atoms with Crippen LogP contribution in [0, 0.1) is 0 Å². The Balaban J connectivity index is 0.000000205. The highest BCUT2D eigenvalue weighted by Crippen LogP contribution is 2.36. The summed E-state index contributed by atoms with van der Waals surface area (Å²) in [7, 11) is 0. The van der Waals surface area contributed by atoms with Crippen LogP contribution in [0.15, 0.2) is 122 Å². The van der Waals surface area contributed by atoms with Crippen molar-refractivity contribution in [3.8, 4) is 45.5 Å². The highest BCUT2D eigenvalue weighted by Gasteiger charge is 2.29. The average Bonchev–Trinajstić information content (AvgIpc) is 3.97. The Hall–Kier alpha value is -6.85. The molecule has 372 valence electrons. The number of carbonyl (C=O) groups excluding carboxylic acids is 2. The second-order valence-electron chi connectivity index (χ2n) is 16.2. The molecular weight excluding hydrogens is 963 g/mol. The lowest BCUT2D eigenvalue weighted by molar-refractivity contribution is -0.132. The number of rotatable bonds is 12. The van der Waals surface area contributed by atoms with Gasteiger partial charge in [0.2, 0.25) is 11.1 Å². The number of halogens is 3. The first-order chi connectivity index (χ1) is 33.7. The van der Waals surface area contributed by atoms with Crippen molar-refractivity contribution >= 4 is 79.7 Å². The fourth-order valence-corrected chi connectivity index (χ4v) is 8.78. The third kappa shape index (κ3) is 13.3. The van der Waals surface area contributed by atoms with Gasteiger partial charge in [-0.3, -0.25) is 9.59 Å². The van der Waals surface area contributed by atoms with E-state index in [1.807, 2.05) is 123 Å². The summed E-state index contributed by atoms with van der Waals surface area (Å²) in [4.78, 5) is 41.4. The number of hydrogen-bond acceptors (Lipinski definition) is 13. The lowest BCUT2D eigenvalue weighted by Crippen LogP contribution is -2.41.